The number of carboxylic acids is 1. The maximum atomic E-state index is 11.4. The summed E-state index contributed by atoms with van der Waals surface area (Å²) in [5.41, 5.74) is 5.40. The predicted octanol–water partition coefficient (Wildman–Crippen LogP) is 7.27. The minimum Gasteiger partial charge on any atom is -0.481 e. The summed E-state index contributed by atoms with van der Waals surface area (Å²) in [6, 6.07) is 5.79. The van der Waals surface area contributed by atoms with Crippen molar-refractivity contribution in [2.24, 2.45) is 11.8 Å². The number of nitrogens with one attached hydrogen (secondary N) is 1. The Morgan fingerprint density at radius 2 is 1.78 bits per heavy atom. The number of rotatable bonds is 21. The van der Waals surface area contributed by atoms with Crippen LogP contribution in [-0.2, 0) is 17.6 Å². The summed E-state index contributed by atoms with van der Waals surface area (Å²) in [4.78, 5) is 11.4. The Morgan fingerprint density at radius 1 is 1.00 bits per heavy atom. The molecule has 2 rings (SSSR count). The monoisotopic (exact) mass is 681 g/mol. The number of benzene rings is 1. The number of aliphatic hydroxyl groups excluding tert-OH is 4. The highest BCUT2D eigenvalue weighted by atomic mass is 16.4. The van der Waals surface area contributed by atoms with Gasteiger partial charge in [-0.1, -0.05) is 115 Å². The van der Waals surface area contributed by atoms with Crippen molar-refractivity contribution >= 4 is 5.97 Å². The van der Waals surface area contributed by atoms with Crippen molar-refractivity contribution in [2.75, 3.05) is 6.61 Å². The summed E-state index contributed by atoms with van der Waals surface area (Å²) in [7, 11) is 0. The van der Waals surface area contributed by atoms with Crippen LogP contribution in [0.15, 0.2) is 41.5 Å². The second kappa shape index (κ2) is 23.8. The fourth-order valence-corrected chi connectivity index (χ4v) is 6.85. The SMILES string of the molecule is CCCCC[C@H](O)/C=C/C1=C(\C[C@H](O)CO)[C@H](CCC[C@@H](CCC(=O)O)CCC(C)C)N[C@@H]([C@H](C)O)CC#Cc2c(CC)cccc2CC1. The first-order valence-corrected chi connectivity index (χ1v) is 19.1. The number of fused-ring (bicyclic) bond motifs is 1. The molecule has 0 radical (unpaired) electrons. The largest absolute Gasteiger partial charge is 0.481 e. The van der Waals surface area contributed by atoms with Crippen LogP contribution in [0.5, 0.6) is 0 Å². The highest BCUT2D eigenvalue weighted by molar-refractivity contribution is 5.66. The van der Waals surface area contributed by atoms with Gasteiger partial charge in [0.15, 0.2) is 0 Å². The molecule has 7 nitrogen and oxygen atoms in total. The molecule has 0 saturated carbocycles. The summed E-state index contributed by atoms with van der Waals surface area (Å²) >= 11 is 0. The van der Waals surface area contributed by atoms with Crippen molar-refractivity contribution in [3.8, 4) is 11.8 Å². The molecule has 1 aromatic carbocycles. The molecular weight excluding hydrogens is 614 g/mol. The van der Waals surface area contributed by atoms with Gasteiger partial charge in [-0.25, -0.2) is 0 Å². The molecule has 0 aromatic heterocycles. The van der Waals surface area contributed by atoms with Gasteiger partial charge in [0.2, 0.25) is 0 Å². The zero-order valence-electron chi connectivity index (χ0n) is 31.1. The van der Waals surface area contributed by atoms with Gasteiger partial charge in [0.25, 0.3) is 0 Å². The molecule has 1 aromatic rings. The van der Waals surface area contributed by atoms with Crippen LogP contribution in [0.2, 0.25) is 0 Å². The molecule has 0 aliphatic carbocycles. The Balaban J connectivity index is 2.63. The summed E-state index contributed by atoms with van der Waals surface area (Å²) in [6.45, 7) is 10.1. The predicted molar refractivity (Wildman–Crippen MR) is 200 cm³/mol. The molecule has 1 aliphatic rings. The van der Waals surface area contributed by atoms with Crippen molar-refractivity contribution < 1.29 is 30.3 Å². The Kier molecular flexibility index (Phi) is 20.8. The zero-order chi connectivity index (χ0) is 36.2. The van der Waals surface area contributed by atoms with E-state index in [1.807, 2.05) is 12.2 Å². The molecule has 0 fully saturated rings. The quantitative estimate of drug-likeness (QED) is 0.0595. The van der Waals surface area contributed by atoms with E-state index in [4.69, 9.17) is 0 Å². The lowest BCUT2D eigenvalue weighted by molar-refractivity contribution is -0.137. The van der Waals surface area contributed by atoms with Crippen molar-refractivity contribution in [2.45, 2.75) is 168 Å². The molecule has 49 heavy (non-hydrogen) atoms. The average Bonchev–Trinajstić information content (AvgIpc) is 3.06. The fraction of sp³-hybridized carbons (Fsp3) is 0.690. The van der Waals surface area contributed by atoms with Crippen LogP contribution >= 0.6 is 0 Å². The highest BCUT2D eigenvalue weighted by Crippen LogP contribution is 2.30. The maximum absolute atomic E-state index is 11.4. The number of aliphatic carboxylic acids is 1. The second-order valence-electron chi connectivity index (χ2n) is 14.6. The highest BCUT2D eigenvalue weighted by Gasteiger charge is 2.26. The van der Waals surface area contributed by atoms with E-state index in [2.05, 4.69) is 63.1 Å². The van der Waals surface area contributed by atoms with E-state index in [-0.39, 0.29) is 31.5 Å². The van der Waals surface area contributed by atoms with E-state index < -0.39 is 24.3 Å². The van der Waals surface area contributed by atoms with Gasteiger partial charge in [0, 0.05) is 30.5 Å². The van der Waals surface area contributed by atoms with E-state index in [1.54, 1.807) is 6.92 Å². The molecule has 0 spiro atoms. The molecule has 1 aliphatic heterocycles. The number of unbranched alkanes of at least 4 members (excludes halogenated alkanes) is 2. The van der Waals surface area contributed by atoms with E-state index >= 15 is 0 Å². The van der Waals surface area contributed by atoms with Crippen molar-refractivity contribution in [3.63, 3.8) is 0 Å². The minimum absolute atomic E-state index is 0.164. The van der Waals surface area contributed by atoms with Crippen LogP contribution in [-0.4, -0.2) is 68.5 Å². The third-order valence-electron chi connectivity index (χ3n) is 9.96. The van der Waals surface area contributed by atoms with Crippen LogP contribution in [0.1, 0.15) is 141 Å². The molecule has 0 unspecified atom stereocenters. The molecule has 0 amide bonds. The van der Waals surface area contributed by atoms with Crippen LogP contribution in [0, 0.1) is 23.7 Å². The molecular formula is C42H67NO6. The smallest absolute Gasteiger partial charge is 0.303 e. The Morgan fingerprint density at radius 3 is 2.43 bits per heavy atom. The number of aliphatic hydroxyl groups is 4. The Hall–Kier alpha value is -2.47. The van der Waals surface area contributed by atoms with Crippen molar-refractivity contribution in [1.82, 2.24) is 5.32 Å². The number of carboxylic acid groups (broad SMARTS) is 1. The van der Waals surface area contributed by atoms with E-state index in [9.17, 15) is 30.3 Å². The summed E-state index contributed by atoms with van der Waals surface area (Å²) in [5, 5.41) is 55.9. The fourth-order valence-electron chi connectivity index (χ4n) is 6.85. The van der Waals surface area contributed by atoms with Gasteiger partial charge in [-0.3, -0.25) is 4.79 Å². The number of aryl methyl sites for hydroxylation is 2. The Labute approximate surface area is 297 Å². The lowest BCUT2D eigenvalue weighted by Gasteiger charge is -2.32. The molecule has 7 heteroatoms. The van der Waals surface area contributed by atoms with E-state index in [0.717, 1.165) is 86.5 Å². The van der Waals surface area contributed by atoms with Crippen molar-refractivity contribution in [1.29, 1.82) is 0 Å². The summed E-state index contributed by atoms with van der Waals surface area (Å²) in [5.74, 6) is 6.92. The number of hydrogen-bond donors (Lipinski definition) is 6. The summed E-state index contributed by atoms with van der Waals surface area (Å²) < 4.78 is 0. The van der Waals surface area contributed by atoms with E-state index in [0.29, 0.717) is 37.5 Å². The topological polar surface area (TPSA) is 130 Å². The lowest BCUT2D eigenvalue weighted by atomic mass is 9.84. The first kappa shape index (κ1) is 42.7. The maximum Gasteiger partial charge on any atom is 0.303 e. The third-order valence-corrected chi connectivity index (χ3v) is 9.96. The van der Waals surface area contributed by atoms with E-state index in [1.165, 1.54) is 5.56 Å². The molecule has 6 atom stereocenters. The van der Waals surface area contributed by atoms with Crippen LogP contribution in [0.4, 0.5) is 0 Å². The molecule has 276 valence electrons. The van der Waals surface area contributed by atoms with Gasteiger partial charge in [-0.15, -0.1) is 0 Å². The third kappa shape index (κ3) is 16.4. The van der Waals surface area contributed by atoms with Crippen LogP contribution in [0.25, 0.3) is 0 Å². The molecule has 0 bridgehead atoms. The first-order chi connectivity index (χ1) is 23.5. The van der Waals surface area contributed by atoms with Gasteiger partial charge >= 0.3 is 5.97 Å². The van der Waals surface area contributed by atoms with Gasteiger partial charge in [-0.05, 0) is 86.0 Å². The average molecular weight is 682 g/mol. The van der Waals surface area contributed by atoms with Gasteiger partial charge in [0.1, 0.15) is 0 Å². The molecule has 6 N–H and O–H groups in total. The van der Waals surface area contributed by atoms with Gasteiger partial charge < -0.3 is 30.8 Å². The number of carbonyl (C=O) groups is 1. The lowest BCUT2D eigenvalue weighted by Crippen LogP contribution is -2.46. The van der Waals surface area contributed by atoms with Crippen LogP contribution < -0.4 is 5.32 Å². The summed E-state index contributed by atoms with van der Waals surface area (Å²) in [6.07, 6.45) is 13.8. The normalized spacial score (nSPS) is 21.3. The zero-order valence-corrected chi connectivity index (χ0v) is 31.1. The van der Waals surface area contributed by atoms with Gasteiger partial charge in [0.05, 0.1) is 24.9 Å². The first-order valence-electron chi connectivity index (χ1n) is 19.1. The Bertz CT molecular complexity index is 1230. The minimum atomic E-state index is -0.955. The number of allylic oxidation sites excluding steroid dienone is 2. The van der Waals surface area contributed by atoms with Crippen LogP contribution in [0.3, 0.4) is 0 Å². The molecule has 0 saturated heterocycles. The standard InChI is InChI=1S/C42H67NO6/c1-6-8-9-16-36(46)26-25-35-24-23-34-15-11-14-33(7-2)38(34)17-12-18-40(31(5)45)43-41(39(35)28-37(47)29-44)19-10-13-32(21-20-30(3)4)22-27-42(48)49/h11,14-15,25-26,30-32,36-37,40-41,43-47H,6-10,13,16,18-24,27-29H2,1-5H3,(H,48,49)/b26-25+,39-35+/t31-,32+,36-,37-,40+,41-/m0/s1. The van der Waals surface area contributed by atoms with Gasteiger partial charge in [-0.2, -0.15) is 0 Å². The molecule has 1 heterocycles. The van der Waals surface area contributed by atoms with Crippen molar-refractivity contribution in [3.05, 3.63) is 58.2 Å². The number of hydrogen-bond acceptors (Lipinski definition) is 6. The second-order valence-corrected chi connectivity index (χ2v) is 14.6.